The molecular formula is C30H28N2O6S. The van der Waals surface area contributed by atoms with Crippen LogP contribution >= 0.6 is 11.3 Å². The van der Waals surface area contributed by atoms with Gasteiger partial charge >= 0.3 is 5.91 Å². The molecule has 1 aromatic heterocycles. The largest absolute Gasteiger partial charge is 0.507 e. The summed E-state index contributed by atoms with van der Waals surface area (Å²) in [4.78, 5) is 33.1. The number of rotatable bonds is 8. The van der Waals surface area contributed by atoms with Crippen LogP contribution in [0.2, 0.25) is 0 Å². The third kappa shape index (κ3) is 4.81. The van der Waals surface area contributed by atoms with Gasteiger partial charge in [0, 0.05) is 5.56 Å². The van der Waals surface area contributed by atoms with Gasteiger partial charge in [-0.3, -0.25) is 14.5 Å². The van der Waals surface area contributed by atoms with Crippen LogP contribution in [0, 0.1) is 6.92 Å². The predicted octanol–water partition coefficient (Wildman–Crippen LogP) is 6.04. The molecule has 0 bridgehead atoms. The number of thiazole rings is 1. The molecule has 1 atom stereocenters. The maximum atomic E-state index is 13.6. The molecule has 0 aliphatic carbocycles. The molecule has 1 saturated heterocycles. The zero-order chi connectivity index (χ0) is 27.7. The summed E-state index contributed by atoms with van der Waals surface area (Å²) in [5.41, 5.74) is 2.69. The molecule has 200 valence electrons. The van der Waals surface area contributed by atoms with E-state index in [9.17, 15) is 14.7 Å². The lowest BCUT2D eigenvalue weighted by molar-refractivity contribution is -0.132. The number of carbonyl (C=O) groups is 2. The molecule has 4 aromatic rings. The average Bonchev–Trinajstić information content (AvgIpc) is 3.48. The van der Waals surface area contributed by atoms with Crippen LogP contribution in [0.5, 0.6) is 17.2 Å². The van der Waals surface area contributed by atoms with Crippen LogP contribution in [0.1, 0.15) is 36.1 Å². The van der Waals surface area contributed by atoms with Crippen LogP contribution in [-0.4, -0.2) is 42.6 Å². The third-order valence-corrected chi connectivity index (χ3v) is 7.53. The van der Waals surface area contributed by atoms with E-state index in [2.05, 4.69) is 4.98 Å². The molecule has 1 fully saturated rings. The number of nitrogens with zero attached hydrogens (tertiary/aromatic N) is 2. The quantitative estimate of drug-likeness (QED) is 0.164. The van der Waals surface area contributed by atoms with Crippen LogP contribution in [0.3, 0.4) is 0 Å². The molecule has 8 nitrogen and oxygen atoms in total. The molecule has 0 unspecified atom stereocenters. The van der Waals surface area contributed by atoms with Crippen molar-refractivity contribution in [3.8, 4) is 17.2 Å². The Balaban J connectivity index is 1.70. The smallest absolute Gasteiger partial charge is 0.301 e. The highest BCUT2D eigenvalue weighted by Crippen LogP contribution is 2.46. The minimum Gasteiger partial charge on any atom is -0.507 e. The molecule has 1 N–H and O–H groups in total. The summed E-state index contributed by atoms with van der Waals surface area (Å²) in [6.45, 7) is 4.50. The highest BCUT2D eigenvalue weighted by Gasteiger charge is 2.48. The fourth-order valence-corrected chi connectivity index (χ4v) is 5.65. The van der Waals surface area contributed by atoms with E-state index in [4.69, 9.17) is 14.2 Å². The van der Waals surface area contributed by atoms with Crippen molar-refractivity contribution in [3.05, 3.63) is 82.9 Å². The van der Waals surface area contributed by atoms with E-state index in [0.29, 0.717) is 40.1 Å². The van der Waals surface area contributed by atoms with Crippen LogP contribution < -0.4 is 19.1 Å². The van der Waals surface area contributed by atoms with E-state index >= 15 is 0 Å². The fraction of sp³-hybridized carbons (Fsp3) is 0.233. The van der Waals surface area contributed by atoms with Gasteiger partial charge in [-0.15, -0.1) is 0 Å². The highest BCUT2D eigenvalue weighted by atomic mass is 32.1. The van der Waals surface area contributed by atoms with E-state index in [1.165, 1.54) is 23.3 Å². The van der Waals surface area contributed by atoms with Crippen molar-refractivity contribution in [2.75, 3.05) is 25.7 Å². The summed E-state index contributed by atoms with van der Waals surface area (Å²) in [6, 6.07) is 16.8. The number of amides is 1. The Morgan fingerprint density at radius 3 is 2.46 bits per heavy atom. The monoisotopic (exact) mass is 544 g/mol. The summed E-state index contributed by atoms with van der Waals surface area (Å²) in [7, 11) is 3.07. The van der Waals surface area contributed by atoms with Gasteiger partial charge in [0.25, 0.3) is 5.78 Å². The normalized spacial score (nSPS) is 16.6. The molecule has 0 saturated carbocycles. The maximum Gasteiger partial charge on any atom is 0.301 e. The van der Waals surface area contributed by atoms with Gasteiger partial charge in [0.15, 0.2) is 16.6 Å². The highest BCUT2D eigenvalue weighted by molar-refractivity contribution is 7.22. The zero-order valence-corrected chi connectivity index (χ0v) is 22.9. The zero-order valence-electron chi connectivity index (χ0n) is 22.1. The van der Waals surface area contributed by atoms with Gasteiger partial charge < -0.3 is 19.3 Å². The van der Waals surface area contributed by atoms with Crippen molar-refractivity contribution in [2.45, 2.75) is 26.3 Å². The number of hydrogen-bond donors (Lipinski definition) is 1. The van der Waals surface area contributed by atoms with Gasteiger partial charge in [0.1, 0.15) is 11.5 Å². The van der Waals surface area contributed by atoms with Crippen molar-refractivity contribution in [2.24, 2.45) is 0 Å². The van der Waals surface area contributed by atoms with Crippen molar-refractivity contribution in [1.29, 1.82) is 0 Å². The van der Waals surface area contributed by atoms with Crippen molar-refractivity contribution in [3.63, 3.8) is 0 Å². The Morgan fingerprint density at radius 2 is 1.77 bits per heavy atom. The van der Waals surface area contributed by atoms with E-state index in [1.807, 2.05) is 32.0 Å². The number of ketones is 1. The van der Waals surface area contributed by atoms with Gasteiger partial charge in [-0.2, -0.15) is 0 Å². The number of hydrogen-bond acceptors (Lipinski definition) is 8. The molecular weight excluding hydrogens is 516 g/mol. The Morgan fingerprint density at radius 1 is 1.00 bits per heavy atom. The Labute approximate surface area is 230 Å². The van der Waals surface area contributed by atoms with Gasteiger partial charge in [0.2, 0.25) is 0 Å². The Bertz CT molecular complexity index is 1590. The second-order valence-corrected chi connectivity index (χ2v) is 10.1. The SMILES string of the molecule is CCCOc1ccc([C@H]2C(=C(O)c3ccc(OC)cc3)C(=O)C(=O)N2c2nc3ccc(C)cc3s2)cc1OC. The first-order valence-corrected chi connectivity index (χ1v) is 13.3. The Kier molecular flexibility index (Phi) is 7.26. The molecule has 39 heavy (non-hydrogen) atoms. The van der Waals surface area contributed by atoms with Crippen LogP contribution in [0.25, 0.3) is 16.0 Å². The van der Waals surface area contributed by atoms with E-state index < -0.39 is 17.7 Å². The van der Waals surface area contributed by atoms with Crippen LogP contribution in [0.15, 0.2) is 66.2 Å². The topological polar surface area (TPSA) is 98.2 Å². The number of benzene rings is 3. The number of anilines is 1. The van der Waals surface area contributed by atoms with E-state index in [-0.39, 0.29) is 11.3 Å². The standard InChI is InChI=1S/C30H28N2O6S/c1-5-14-38-22-13-9-19(16-23(22)37-4)26-25(27(33)18-7-10-20(36-3)11-8-18)28(34)29(35)32(26)30-31-21-12-6-17(2)15-24(21)39-30/h6-13,15-16,26,33H,5,14H2,1-4H3/t26-/m0/s1. The first kappa shape index (κ1) is 26.2. The number of Topliss-reactive ketones (excluding diaryl/α,β-unsaturated/α-hetero) is 1. The predicted molar refractivity (Wildman–Crippen MR) is 151 cm³/mol. The average molecular weight is 545 g/mol. The van der Waals surface area contributed by atoms with E-state index in [1.54, 1.807) is 49.6 Å². The number of carbonyl (C=O) groups excluding carboxylic acids is 2. The van der Waals surface area contributed by atoms with Crippen LogP contribution in [0.4, 0.5) is 5.13 Å². The van der Waals surface area contributed by atoms with Gasteiger partial charge in [-0.05, 0) is 73.0 Å². The van der Waals surface area contributed by atoms with Crippen molar-refractivity contribution < 1.29 is 28.9 Å². The molecule has 0 spiro atoms. The lowest BCUT2D eigenvalue weighted by atomic mass is 9.95. The number of fused-ring (bicyclic) bond motifs is 1. The van der Waals surface area contributed by atoms with Crippen molar-refractivity contribution in [1.82, 2.24) is 4.98 Å². The van der Waals surface area contributed by atoms with Crippen molar-refractivity contribution >= 4 is 44.1 Å². The summed E-state index contributed by atoms with van der Waals surface area (Å²) >= 11 is 1.32. The summed E-state index contributed by atoms with van der Waals surface area (Å²) in [5, 5.41) is 11.8. The fourth-order valence-electron chi connectivity index (χ4n) is 4.56. The van der Waals surface area contributed by atoms with Gasteiger partial charge in [-0.25, -0.2) is 4.98 Å². The maximum absolute atomic E-state index is 13.6. The first-order chi connectivity index (χ1) is 18.9. The molecule has 1 amide bonds. The molecule has 5 rings (SSSR count). The number of methoxy groups -OCH3 is 2. The second-order valence-electron chi connectivity index (χ2n) is 9.12. The lowest BCUT2D eigenvalue weighted by Gasteiger charge is -2.24. The molecule has 3 aromatic carbocycles. The van der Waals surface area contributed by atoms with Gasteiger partial charge in [-0.1, -0.05) is 30.4 Å². The second kappa shape index (κ2) is 10.8. The first-order valence-electron chi connectivity index (χ1n) is 12.5. The summed E-state index contributed by atoms with van der Waals surface area (Å²) in [6.07, 6.45) is 0.823. The molecule has 0 radical (unpaired) electrons. The van der Waals surface area contributed by atoms with Gasteiger partial charge in [0.05, 0.1) is 42.7 Å². The number of aliphatic hydroxyl groups excluding tert-OH is 1. The third-order valence-electron chi connectivity index (χ3n) is 6.51. The summed E-state index contributed by atoms with van der Waals surface area (Å²) in [5.74, 6) is -0.252. The number of aromatic nitrogens is 1. The van der Waals surface area contributed by atoms with E-state index in [0.717, 1.165) is 22.2 Å². The molecule has 2 heterocycles. The molecule has 9 heteroatoms. The minimum atomic E-state index is -0.942. The molecule has 1 aliphatic heterocycles. The number of aliphatic hydroxyl groups is 1. The molecule has 1 aliphatic rings. The lowest BCUT2D eigenvalue weighted by Crippen LogP contribution is -2.29. The summed E-state index contributed by atoms with van der Waals surface area (Å²) < 4.78 is 17.5. The number of aryl methyl sites for hydroxylation is 1. The number of ether oxygens (including phenoxy) is 3. The minimum absolute atomic E-state index is 0.0371. The van der Waals surface area contributed by atoms with Crippen LogP contribution in [-0.2, 0) is 9.59 Å². The Hall–Kier alpha value is -4.37.